The van der Waals surface area contributed by atoms with Crippen molar-refractivity contribution in [2.24, 2.45) is 9.98 Å². The van der Waals surface area contributed by atoms with Crippen LogP contribution in [0.3, 0.4) is 0 Å². The Bertz CT molecular complexity index is 1790. The number of alkyl halides is 12. The number of rotatable bonds is 8. The second-order valence-electron chi connectivity index (χ2n) is 10.6. The maximum absolute atomic E-state index is 14.3. The van der Waals surface area contributed by atoms with Gasteiger partial charge in [-0.3, -0.25) is 33.6 Å². The topological polar surface area (TPSA) is 82.4 Å². The first-order chi connectivity index (χ1) is 24.2. The zero-order chi connectivity index (χ0) is 40.3. The number of anilines is 2. The van der Waals surface area contributed by atoms with Crippen molar-refractivity contribution >= 4 is 79.6 Å². The highest BCUT2D eigenvalue weighted by Gasteiger charge is 2.37. The molecular weight excluding hydrogens is 835 g/mol. The molecule has 25 heteroatoms. The summed E-state index contributed by atoms with van der Waals surface area (Å²) in [5.74, 6) is -6.96. The van der Waals surface area contributed by atoms with Crippen LogP contribution >= 0.6 is 35.3 Å². The van der Waals surface area contributed by atoms with E-state index in [2.05, 4.69) is 9.98 Å². The van der Waals surface area contributed by atoms with Gasteiger partial charge in [-0.2, -0.15) is 52.7 Å². The van der Waals surface area contributed by atoms with Crippen molar-refractivity contribution in [2.45, 2.75) is 48.3 Å². The van der Waals surface area contributed by atoms with Crippen LogP contribution in [0.15, 0.2) is 44.0 Å². The lowest BCUT2D eigenvalue weighted by Crippen LogP contribution is -2.31. The van der Waals surface area contributed by atoms with Gasteiger partial charge in [0.1, 0.15) is 30.5 Å². The number of halogens is 14. The lowest BCUT2D eigenvalue weighted by Gasteiger charge is -2.19. The summed E-state index contributed by atoms with van der Waals surface area (Å²) < 4.78 is 189. The molecule has 2 amide bonds. The van der Waals surface area contributed by atoms with E-state index in [9.17, 15) is 75.3 Å². The van der Waals surface area contributed by atoms with Crippen LogP contribution in [-0.2, 0) is 20.4 Å². The summed E-state index contributed by atoms with van der Waals surface area (Å²) in [5, 5.41) is -0.783. The fourth-order valence-electron chi connectivity index (χ4n) is 4.16. The van der Waals surface area contributed by atoms with E-state index in [1.54, 1.807) is 0 Å². The minimum absolute atomic E-state index is 0.0492. The van der Waals surface area contributed by atoms with Crippen LogP contribution in [0.5, 0.6) is 0 Å². The van der Waals surface area contributed by atoms with Gasteiger partial charge in [0.25, 0.3) is 0 Å². The summed E-state index contributed by atoms with van der Waals surface area (Å²) >= 11 is 1.74. The molecular formula is C28H22F14N4O3S4. The molecule has 2 aromatic carbocycles. The number of nitrogens with zero attached hydrogens (tertiary/aromatic N) is 4. The van der Waals surface area contributed by atoms with E-state index in [0.29, 0.717) is 45.1 Å². The van der Waals surface area contributed by atoms with Crippen LogP contribution in [0.25, 0.3) is 0 Å². The summed E-state index contributed by atoms with van der Waals surface area (Å²) in [4.78, 5) is 31.4. The highest BCUT2D eigenvalue weighted by molar-refractivity contribution is 8.15. The van der Waals surface area contributed by atoms with Crippen molar-refractivity contribution in [1.29, 1.82) is 0 Å². The van der Waals surface area contributed by atoms with E-state index < -0.39 is 100 Å². The van der Waals surface area contributed by atoms with Gasteiger partial charge in [0.15, 0.2) is 10.3 Å². The zero-order valence-corrected chi connectivity index (χ0v) is 29.8. The quantitative estimate of drug-likeness (QED) is 0.196. The highest BCUT2D eigenvalue weighted by Crippen LogP contribution is 2.37. The summed E-state index contributed by atoms with van der Waals surface area (Å²) in [6.45, 7) is -0.540. The Balaban J connectivity index is 0.000000286. The smallest absolute Gasteiger partial charge is 0.273 e. The lowest BCUT2D eigenvalue weighted by atomic mass is 10.2. The summed E-state index contributed by atoms with van der Waals surface area (Å²) in [7, 11) is -2.58. The number of hydrogen-bond donors (Lipinski definition) is 0. The molecule has 1 atom stereocenters. The fraction of sp³-hybridized carbons (Fsp3) is 0.429. The molecule has 0 N–H and O–H groups in total. The van der Waals surface area contributed by atoms with E-state index in [-0.39, 0.29) is 37.6 Å². The Morgan fingerprint density at radius 2 is 1.11 bits per heavy atom. The first kappa shape index (κ1) is 44.3. The second kappa shape index (κ2) is 17.2. The van der Waals surface area contributed by atoms with Crippen molar-refractivity contribution in [1.82, 2.24) is 0 Å². The zero-order valence-electron chi connectivity index (χ0n) is 26.5. The minimum atomic E-state index is -4.75. The largest absolute Gasteiger partial charge is 0.408 e. The average Bonchev–Trinajstić information content (AvgIpc) is 3.54. The van der Waals surface area contributed by atoms with Gasteiger partial charge in [-0.1, -0.05) is 23.5 Å². The number of hydrogen-bond acceptors (Lipinski definition) is 8. The van der Waals surface area contributed by atoms with Gasteiger partial charge < -0.3 is 0 Å². The number of carbonyl (C=O) groups excluding carboxylic acids is 2. The third-order valence-corrected chi connectivity index (χ3v) is 10.9. The van der Waals surface area contributed by atoms with Crippen LogP contribution in [-0.4, -0.2) is 87.2 Å². The maximum atomic E-state index is 14.3. The third kappa shape index (κ3) is 13.3. The SMILES string of the molecule is Cc1cc(F)c(N2C(=O)CSC2=NCC(F)(F)F)cc1S(=O)CC(F)(F)F.Cc1cc(F)c(N2C(=O)CSC2=NCC(F)(F)F)cc1SCC(F)(F)F. The third-order valence-electron chi connectivity index (χ3n) is 6.22. The molecule has 0 bridgehead atoms. The molecule has 294 valence electrons. The second-order valence-corrected chi connectivity index (χ2v) is 14.9. The van der Waals surface area contributed by atoms with Gasteiger partial charge in [-0.15, -0.1) is 11.8 Å². The Labute approximate surface area is 305 Å². The Morgan fingerprint density at radius 1 is 0.679 bits per heavy atom. The molecule has 7 nitrogen and oxygen atoms in total. The highest BCUT2D eigenvalue weighted by atomic mass is 32.2. The number of amides is 2. The molecule has 53 heavy (non-hydrogen) atoms. The van der Waals surface area contributed by atoms with Crippen LogP contribution in [0.2, 0.25) is 0 Å². The molecule has 2 heterocycles. The minimum Gasteiger partial charge on any atom is -0.273 e. The number of aliphatic imine (C=N–C) groups is 2. The predicted octanol–water partition coefficient (Wildman–Crippen LogP) is 8.59. The molecule has 0 saturated carbocycles. The number of thioether (sulfide) groups is 3. The molecule has 2 aliphatic heterocycles. The van der Waals surface area contributed by atoms with Gasteiger partial charge in [-0.25, -0.2) is 8.78 Å². The normalized spacial score (nSPS) is 18.0. The first-order valence-corrected chi connectivity index (χ1v) is 18.3. The molecule has 2 saturated heterocycles. The first-order valence-electron chi connectivity index (χ1n) is 14.0. The van der Waals surface area contributed by atoms with Crippen LogP contribution in [0.4, 0.5) is 72.8 Å². The van der Waals surface area contributed by atoms with Crippen molar-refractivity contribution in [2.75, 3.05) is 45.9 Å². The van der Waals surface area contributed by atoms with E-state index in [1.165, 1.54) is 13.8 Å². The molecule has 2 aliphatic rings. The molecule has 0 aromatic heterocycles. The van der Waals surface area contributed by atoms with Gasteiger partial charge >= 0.3 is 24.7 Å². The lowest BCUT2D eigenvalue weighted by molar-refractivity contribution is -0.119. The number of aryl methyl sites for hydroxylation is 2. The Hall–Kier alpha value is -3.06. The van der Waals surface area contributed by atoms with Crippen LogP contribution in [0.1, 0.15) is 11.1 Å². The number of benzene rings is 2. The average molecular weight is 857 g/mol. The molecule has 1 unspecified atom stereocenters. The van der Waals surface area contributed by atoms with E-state index in [1.807, 2.05) is 0 Å². The van der Waals surface area contributed by atoms with Gasteiger partial charge in [0.2, 0.25) is 11.8 Å². The van der Waals surface area contributed by atoms with Crippen molar-refractivity contribution in [3.8, 4) is 0 Å². The summed E-state index contributed by atoms with van der Waals surface area (Å²) in [5.41, 5.74) is -0.848. The molecule has 2 aromatic rings. The molecule has 0 spiro atoms. The fourth-order valence-corrected chi connectivity index (χ4v) is 7.81. The molecule has 0 aliphatic carbocycles. The maximum Gasteiger partial charge on any atom is 0.408 e. The Kier molecular flexibility index (Phi) is 14.4. The monoisotopic (exact) mass is 856 g/mol. The predicted molar refractivity (Wildman–Crippen MR) is 173 cm³/mol. The van der Waals surface area contributed by atoms with Crippen LogP contribution in [0, 0.1) is 25.5 Å². The molecule has 0 radical (unpaired) electrons. The van der Waals surface area contributed by atoms with Gasteiger partial charge in [-0.05, 0) is 49.2 Å². The van der Waals surface area contributed by atoms with E-state index >= 15 is 0 Å². The van der Waals surface area contributed by atoms with E-state index in [0.717, 1.165) is 24.3 Å². The number of carbonyl (C=O) groups is 2. The van der Waals surface area contributed by atoms with Crippen molar-refractivity contribution < 1.29 is 75.3 Å². The standard InChI is InChI=1S/C14H11F7N2O2S2.C14H11F7N2OS2/c1-7-2-8(15)9(3-10(7)27(25)6-14(19,20)21)23-11(24)4-26-12(23)22-5-13(16,17)18;1-7-2-8(15)9(3-10(7)26-6-14(19,20)21)23-11(24)4-25-12(23)22-5-13(16,17)18/h2-3H,4-6H2,1H3;2-3H,4-6H2,1H3. The Morgan fingerprint density at radius 3 is 1.53 bits per heavy atom. The van der Waals surface area contributed by atoms with Crippen molar-refractivity contribution in [3.05, 3.63) is 47.0 Å². The molecule has 2 fully saturated rings. The van der Waals surface area contributed by atoms with Crippen molar-refractivity contribution in [3.63, 3.8) is 0 Å². The van der Waals surface area contributed by atoms with E-state index in [4.69, 9.17) is 0 Å². The van der Waals surface area contributed by atoms with Crippen LogP contribution < -0.4 is 9.80 Å². The summed E-state index contributed by atoms with van der Waals surface area (Å²) in [6.07, 6.45) is -18.5. The summed E-state index contributed by atoms with van der Waals surface area (Å²) in [6, 6.07) is 3.51. The molecule has 4 rings (SSSR count). The van der Waals surface area contributed by atoms with Gasteiger partial charge in [0.05, 0.1) is 39.4 Å². The number of amidine groups is 2. The van der Waals surface area contributed by atoms with Gasteiger partial charge in [0, 0.05) is 9.79 Å².